The molecule has 2 rings (SSSR count). The van der Waals surface area contributed by atoms with Crippen LogP contribution in [0.15, 0.2) is 27.1 Å². The lowest BCUT2D eigenvalue weighted by Crippen LogP contribution is -1.85. The lowest BCUT2D eigenvalue weighted by molar-refractivity contribution is 0.577. The molecule has 0 amide bonds. The minimum Gasteiger partial charge on any atom is -0.419 e. The maximum absolute atomic E-state index is 13.5. The highest BCUT2D eigenvalue weighted by atomic mass is 79.9. The monoisotopic (exact) mass is 281 g/mol. The van der Waals surface area contributed by atoms with Crippen LogP contribution >= 0.6 is 15.9 Å². The SMILES string of the molecule is N#Cc1nc(-c2ccc(Br)cc2F)oc1N. The number of nitriles is 1. The molecule has 1 heterocycles. The fraction of sp³-hybridized carbons (Fsp3) is 0. The molecule has 0 radical (unpaired) electrons. The second kappa shape index (κ2) is 3.94. The maximum Gasteiger partial charge on any atom is 0.233 e. The Kier molecular flexibility index (Phi) is 2.62. The molecule has 2 N–H and O–H groups in total. The van der Waals surface area contributed by atoms with Gasteiger partial charge in [-0.2, -0.15) is 10.2 Å². The van der Waals surface area contributed by atoms with Crippen molar-refractivity contribution >= 4 is 21.8 Å². The Labute approximate surface area is 98.6 Å². The third-order valence-electron chi connectivity index (χ3n) is 1.92. The maximum atomic E-state index is 13.5. The number of hydrogen-bond donors (Lipinski definition) is 1. The van der Waals surface area contributed by atoms with Crippen molar-refractivity contribution in [3.05, 3.63) is 34.2 Å². The first-order chi connectivity index (χ1) is 7.61. The van der Waals surface area contributed by atoms with Crippen LogP contribution < -0.4 is 5.73 Å². The van der Waals surface area contributed by atoms with Gasteiger partial charge in [-0.25, -0.2) is 4.39 Å². The summed E-state index contributed by atoms with van der Waals surface area (Å²) in [5.74, 6) is -0.612. The van der Waals surface area contributed by atoms with Gasteiger partial charge >= 0.3 is 0 Å². The van der Waals surface area contributed by atoms with Crippen molar-refractivity contribution in [3.8, 4) is 17.5 Å². The summed E-state index contributed by atoms with van der Waals surface area (Å²) < 4.78 is 19.1. The number of aromatic nitrogens is 1. The molecule has 0 saturated heterocycles. The van der Waals surface area contributed by atoms with E-state index in [4.69, 9.17) is 15.4 Å². The van der Waals surface area contributed by atoms with Gasteiger partial charge in [0, 0.05) is 4.47 Å². The molecule has 0 aliphatic heterocycles. The highest BCUT2D eigenvalue weighted by Gasteiger charge is 2.15. The number of anilines is 1. The van der Waals surface area contributed by atoms with Crippen molar-refractivity contribution < 1.29 is 8.81 Å². The fourth-order valence-corrected chi connectivity index (χ4v) is 1.52. The molecule has 0 atom stereocenters. The molecule has 2 aromatic rings. The molecule has 0 aliphatic rings. The summed E-state index contributed by atoms with van der Waals surface area (Å²) in [6.07, 6.45) is 0. The van der Waals surface area contributed by atoms with Crippen molar-refractivity contribution in [2.24, 2.45) is 0 Å². The molecule has 0 aliphatic carbocycles. The summed E-state index contributed by atoms with van der Waals surface area (Å²) in [5, 5.41) is 8.64. The molecular formula is C10H5BrFN3O. The van der Waals surface area contributed by atoms with Gasteiger partial charge in [-0.1, -0.05) is 15.9 Å². The van der Waals surface area contributed by atoms with E-state index in [1.54, 1.807) is 12.1 Å². The van der Waals surface area contributed by atoms with Crippen LogP contribution in [0.25, 0.3) is 11.5 Å². The van der Waals surface area contributed by atoms with E-state index in [9.17, 15) is 4.39 Å². The van der Waals surface area contributed by atoms with Crippen LogP contribution in [0.5, 0.6) is 0 Å². The van der Waals surface area contributed by atoms with Gasteiger partial charge in [0.15, 0.2) is 0 Å². The Morgan fingerprint density at radius 1 is 1.50 bits per heavy atom. The van der Waals surface area contributed by atoms with Gasteiger partial charge in [-0.15, -0.1) is 0 Å². The average Bonchev–Trinajstić information content (AvgIpc) is 2.59. The van der Waals surface area contributed by atoms with Crippen LogP contribution in [0.2, 0.25) is 0 Å². The summed E-state index contributed by atoms with van der Waals surface area (Å²) in [7, 11) is 0. The van der Waals surface area contributed by atoms with Gasteiger partial charge in [-0.3, -0.25) is 0 Å². The summed E-state index contributed by atoms with van der Waals surface area (Å²) >= 11 is 3.13. The van der Waals surface area contributed by atoms with Crippen LogP contribution in [-0.4, -0.2) is 4.98 Å². The number of nitrogens with zero attached hydrogens (tertiary/aromatic N) is 2. The van der Waals surface area contributed by atoms with Crippen LogP contribution in [-0.2, 0) is 0 Å². The third kappa shape index (κ3) is 1.77. The Balaban J connectivity index is 2.55. The Bertz CT molecular complexity index is 588. The number of rotatable bonds is 1. The molecular weight excluding hydrogens is 277 g/mol. The van der Waals surface area contributed by atoms with Gasteiger partial charge in [0.1, 0.15) is 11.9 Å². The van der Waals surface area contributed by atoms with E-state index in [-0.39, 0.29) is 23.0 Å². The summed E-state index contributed by atoms with van der Waals surface area (Å²) in [4.78, 5) is 3.78. The zero-order valence-electron chi connectivity index (χ0n) is 7.87. The average molecular weight is 282 g/mol. The Morgan fingerprint density at radius 2 is 2.25 bits per heavy atom. The highest BCUT2D eigenvalue weighted by molar-refractivity contribution is 9.10. The van der Waals surface area contributed by atoms with Crippen molar-refractivity contribution in [1.82, 2.24) is 4.98 Å². The molecule has 1 aromatic carbocycles. The third-order valence-corrected chi connectivity index (χ3v) is 2.41. The van der Waals surface area contributed by atoms with Crippen LogP contribution in [0, 0.1) is 17.1 Å². The van der Waals surface area contributed by atoms with E-state index in [0.717, 1.165) is 0 Å². The van der Waals surface area contributed by atoms with Crippen molar-refractivity contribution in [2.45, 2.75) is 0 Å². The number of halogens is 2. The van der Waals surface area contributed by atoms with Gasteiger partial charge in [-0.05, 0) is 18.2 Å². The standard InChI is InChI=1S/C10H5BrFN3O/c11-5-1-2-6(7(12)3-5)10-15-8(4-13)9(14)16-10/h1-3H,14H2. The van der Waals surface area contributed by atoms with E-state index in [0.29, 0.717) is 4.47 Å². The second-order valence-corrected chi connectivity index (χ2v) is 3.88. The minimum absolute atomic E-state index is 0.000880. The smallest absolute Gasteiger partial charge is 0.233 e. The predicted octanol–water partition coefficient (Wildman–Crippen LogP) is 2.70. The molecule has 0 bridgehead atoms. The lowest BCUT2D eigenvalue weighted by atomic mass is 10.2. The van der Waals surface area contributed by atoms with Crippen LogP contribution in [0.3, 0.4) is 0 Å². The summed E-state index contributed by atoms with van der Waals surface area (Å²) in [6.45, 7) is 0. The Hall–Kier alpha value is -1.87. The normalized spacial score (nSPS) is 10.1. The van der Waals surface area contributed by atoms with Gasteiger partial charge in [0.25, 0.3) is 0 Å². The van der Waals surface area contributed by atoms with Gasteiger partial charge in [0.05, 0.1) is 5.56 Å². The van der Waals surface area contributed by atoms with Gasteiger partial charge < -0.3 is 10.2 Å². The number of oxazole rings is 1. The predicted molar refractivity (Wildman–Crippen MR) is 58.7 cm³/mol. The lowest BCUT2D eigenvalue weighted by Gasteiger charge is -1.97. The van der Waals surface area contributed by atoms with E-state index in [1.165, 1.54) is 12.1 Å². The number of hydrogen-bond acceptors (Lipinski definition) is 4. The molecule has 0 spiro atoms. The van der Waals surface area contributed by atoms with E-state index in [2.05, 4.69) is 20.9 Å². The molecule has 0 saturated carbocycles. The number of benzene rings is 1. The van der Waals surface area contributed by atoms with Crippen molar-refractivity contribution in [3.63, 3.8) is 0 Å². The zero-order valence-corrected chi connectivity index (χ0v) is 9.45. The molecule has 80 valence electrons. The first-order valence-electron chi connectivity index (χ1n) is 4.23. The first kappa shape index (κ1) is 10.6. The topological polar surface area (TPSA) is 75.8 Å². The van der Waals surface area contributed by atoms with Crippen molar-refractivity contribution in [2.75, 3.05) is 5.73 Å². The van der Waals surface area contributed by atoms with E-state index >= 15 is 0 Å². The fourth-order valence-electron chi connectivity index (χ4n) is 1.19. The molecule has 6 heteroatoms. The van der Waals surface area contributed by atoms with E-state index in [1.807, 2.05) is 0 Å². The second-order valence-electron chi connectivity index (χ2n) is 2.97. The summed E-state index contributed by atoms with van der Waals surface area (Å²) in [5.41, 5.74) is 5.51. The molecule has 1 aromatic heterocycles. The molecule has 0 fully saturated rings. The zero-order chi connectivity index (χ0) is 11.7. The van der Waals surface area contributed by atoms with E-state index < -0.39 is 5.82 Å². The first-order valence-corrected chi connectivity index (χ1v) is 5.03. The number of nitrogens with two attached hydrogens (primary N) is 1. The summed E-state index contributed by atoms with van der Waals surface area (Å²) in [6, 6.07) is 6.17. The van der Waals surface area contributed by atoms with Crippen molar-refractivity contribution in [1.29, 1.82) is 5.26 Å². The Morgan fingerprint density at radius 3 is 2.81 bits per heavy atom. The molecule has 4 nitrogen and oxygen atoms in total. The van der Waals surface area contributed by atoms with Crippen LogP contribution in [0.1, 0.15) is 5.69 Å². The largest absolute Gasteiger partial charge is 0.419 e. The highest BCUT2D eigenvalue weighted by Crippen LogP contribution is 2.27. The van der Waals surface area contributed by atoms with Crippen LogP contribution in [0.4, 0.5) is 10.3 Å². The molecule has 0 unspecified atom stereocenters. The van der Waals surface area contributed by atoms with Gasteiger partial charge in [0.2, 0.25) is 17.5 Å². The number of nitrogen functional groups attached to an aromatic ring is 1. The molecule has 16 heavy (non-hydrogen) atoms. The quantitative estimate of drug-likeness (QED) is 0.872. The minimum atomic E-state index is -0.500.